The van der Waals surface area contributed by atoms with Crippen molar-refractivity contribution in [1.29, 1.82) is 0 Å². The SMILES string of the molecule is NC(=O)c1ccc(-c2c(CN3CCCC(Cl)C3)[nH]c3ncccc23)cc1. The van der Waals surface area contributed by atoms with Crippen molar-refractivity contribution in [2.24, 2.45) is 5.73 Å². The highest BCUT2D eigenvalue weighted by atomic mass is 35.5. The minimum absolute atomic E-state index is 0.213. The summed E-state index contributed by atoms with van der Waals surface area (Å²) in [5.41, 5.74) is 10.0. The summed E-state index contributed by atoms with van der Waals surface area (Å²) in [6.07, 6.45) is 3.99. The van der Waals surface area contributed by atoms with E-state index in [-0.39, 0.29) is 5.38 Å². The molecule has 3 N–H and O–H groups in total. The van der Waals surface area contributed by atoms with Gasteiger partial charge in [-0.2, -0.15) is 0 Å². The first-order valence-electron chi connectivity index (χ1n) is 8.84. The first-order valence-corrected chi connectivity index (χ1v) is 9.27. The molecule has 1 aromatic carbocycles. The van der Waals surface area contributed by atoms with Crippen LogP contribution in [0.5, 0.6) is 0 Å². The molecule has 1 aliphatic rings. The monoisotopic (exact) mass is 368 g/mol. The fourth-order valence-electron chi connectivity index (χ4n) is 3.69. The zero-order chi connectivity index (χ0) is 18.1. The number of amides is 1. The Labute approximate surface area is 157 Å². The summed E-state index contributed by atoms with van der Waals surface area (Å²) in [6.45, 7) is 2.74. The Morgan fingerprint density at radius 3 is 2.85 bits per heavy atom. The van der Waals surface area contributed by atoms with Crippen LogP contribution < -0.4 is 5.73 Å². The highest BCUT2D eigenvalue weighted by molar-refractivity contribution is 6.20. The second-order valence-corrected chi connectivity index (χ2v) is 7.41. The quantitative estimate of drug-likeness (QED) is 0.692. The molecule has 5 nitrogen and oxygen atoms in total. The van der Waals surface area contributed by atoms with E-state index >= 15 is 0 Å². The first kappa shape index (κ1) is 17.1. The first-order chi connectivity index (χ1) is 12.6. The van der Waals surface area contributed by atoms with Crippen LogP contribution in [0.25, 0.3) is 22.2 Å². The van der Waals surface area contributed by atoms with Gasteiger partial charge in [-0.3, -0.25) is 9.69 Å². The van der Waals surface area contributed by atoms with Gasteiger partial charge in [-0.05, 0) is 49.2 Å². The van der Waals surface area contributed by atoms with Crippen LogP contribution >= 0.6 is 11.6 Å². The number of carbonyl (C=O) groups is 1. The number of hydrogen-bond donors (Lipinski definition) is 2. The van der Waals surface area contributed by atoms with Crippen LogP contribution in [0.1, 0.15) is 28.9 Å². The molecule has 3 heterocycles. The average Bonchev–Trinajstić information content (AvgIpc) is 2.99. The number of nitrogens with zero attached hydrogens (tertiary/aromatic N) is 2. The maximum Gasteiger partial charge on any atom is 0.248 e. The Bertz CT molecular complexity index is 935. The second-order valence-electron chi connectivity index (χ2n) is 6.79. The van der Waals surface area contributed by atoms with E-state index in [1.54, 1.807) is 18.3 Å². The fourth-order valence-corrected chi connectivity index (χ4v) is 4.04. The van der Waals surface area contributed by atoms with Gasteiger partial charge in [0.2, 0.25) is 5.91 Å². The summed E-state index contributed by atoms with van der Waals surface area (Å²) >= 11 is 6.35. The molecule has 6 heteroatoms. The number of pyridine rings is 1. The Kier molecular flexibility index (Phi) is 4.66. The number of alkyl halides is 1. The van der Waals surface area contributed by atoms with Gasteiger partial charge in [-0.15, -0.1) is 11.6 Å². The van der Waals surface area contributed by atoms with Gasteiger partial charge in [0.1, 0.15) is 5.65 Å². The maximum atomic E-state index is 11.4. The fraction of sp³-hybridized carbons (Fsp3) is 0.300. The summed E-state index contributed by atoms with van der Waals surface area (Å²) < 4.78 is 0. The van der Waals surface area contributed by atoms with Crippen molar-refractivity contribution in [2.45, 2.75) is 24.8 Å². The topological polar surface area (TPSA) is 75.0 Å². The number of benzene rings is 1. The third-order valence-electron chi connectivity index (χ3n) is 4.94. The molecule has 1 aliphatic heterocycles. The number of aromatic amines is 1. The molecule has 2 aromatic heterocycles. The van der Waals surface area contributed by atoms with E-state index in [4.69, 9.17) is 17.3 Å². The molecule has 0 spiro atoms. The lowest BCUT2D eigenvalue weighted by atomic mass is 10.0. The molecule has 0 saturated carbocycles. The molecule has 0 radical (unpaired) electrons. The number of carbonyl (C=O) groups excluding carboxylic acids is 1. The largest absolute Gasteiger partial charge is 0.366 e. The van der Waals surface area contributed by atoms with Gasteiger partial charge >= 0.3 is 0 Å². The van der Waals surface area contributed by atoms with Crippen LogP contribution in [0, 0.1) is 0 Å². The number of H-pyrrole nitrogens is 1. The summed E-state index contributed by atoms with van der Waals surface area (Å²) in [7, 11) is 0. The normalized spacial score (nSPS) is 18.3. The lowest BCUT2D eigenvalue weighted by Crippen LogP contribution is -2.35. The Morgan fingerprint density at radius 2 is 2.12 bits per heavy atom. The highest BCUT2D eigenvalue weighted by Crippen LogP contribution is 2.33. The predicted octanol–water partition coefficient (Wildman–Crippen LogP) is 3.53. The highest BCUT2D eigenvalue weighted by Gasteiger charge is 2.21. The number of nitrogens with two attached hydrogens (primary N) is 1. The van der Waals surface area contributed by atoms with Crippen molar-refractivity contribution < 1.29 is 4.79 Å². The molecule has 1 unspecified atom stereocenters. The number of piperidine rings is 1. The van der Waals surface area contributed by atoms with Gasteiger partial charge in [-0.1, -0.05) is 12.1 Å². The van der Waals surface area contributed by atoms with Crippen LogP contribution in [-0.2, 0) is 6.54 Å². The molecule has 0 bridgehead atoms. The summed E-state index contributed by atoms with van der Waals surface area (Å²) in [5.74, 6) is -0.418. The van der Waals surface area contributed by atoms with Crippen molar-refractivity contribution in [3.63, 3.8) is 0 Å². The van der Waals surface area contributed by atoms with Gasteiger partial charge in [0.25, 0.3) is 0 Å². The lowest BCUT2D eigenvalue weighted by Gasteiger charge is -2.29. The van der Waals surface area contributed by atoms with Gasteiger partial charge in [-0.25, -0.2) is 4.98 Å². The third kappa shape index (κ3) is 3.32. The smallest absolute Gasteiger partial charge is 0.248 e. The van der Waals surface area contributed by atoms with Gasteiger partial charge in [0.15, 0.2) is 0 Å². The molecule has 4 rings (SSSR count). The molecule has 26 heavy (non-hydrogen) atoms. The van der Waals surface area contributed by atoms with E-state index < -0.39 is 5.91 Å². The number of hydrogen-bond acceptors (Lipinski definition) is 3. The number of aromatic nitrogens is 2. The standard InChI is InChI=1S/C20H21ClN4O/c21-15-3-2-10-25(11-15)12-17-18(16-4-1-9-23-20(16)24-17)13-5-7-14(8-6-13)19(22)26/h1,4-9,15H,2-3,10-12H2,(H2,22,26)(H,23,24). The Balaban J connectivity index is 1.75. The molecular weight excluding hydrogens is 348 g/mol. The maximum absolute atomic E-state index is 11.4. The summed E-state index contributed by atoms with van der Waals surface area (Å²) in [6, 6.07) is 11.4. The number of fused-ring (bicyclic) bond motifs is 1. The van der Waals surface area contributed by atoms with E-state index in [1.807, 2.05) is 18.2 Å². The average molecular weight is 369 g/mol. The molecule has 134 valence electrons. The van der Waals surface area contributed by atoms with Crippen LogP contribution in [-0.4, -0.2) is 39.2 Å². The number of likely N-dealkylation sites (tertiary alicyclic amines) is 1. The van der Waals surface area contributed by atoms with Gasteiger partial charge < -0.3 is 10.7 Å². The molecule has 0 aliphatic carbocycles. The van der Waals surface area contributed by atoms with E-state index in [9.17, 15) is 4.79 Å². The number of halogens is 1. The van der Waals surface area contributed by atoms with Crippen molar-refractivity contribution in [3.05, 3.63) is 53.9 Å². The van der Waals surface area contributed by atoms with E-state index in [0.29, 0.717) is 5.56 Å². The van der Waals surface area contributed by atoms with Crippen LogP contribution in [0.3, 0.4) is 0 Å². The third-order valence-corrected chi connectivity index (χ3v) is 5.29. The number of rotatable bonds is 4. The van der Waals surface area contributed by atoms with Gasteiger partial charge in [0, 0.05) is 46.9 Å². The van der Waals surface area contributed by atoms with Crippen molar-refractivity contribution in [2.75, 3.05) is 13.1 Å². The van der Waals surface area contributed by atoms with Crippen LogP contribution in [0.2, 0.25) is 0 Å². The molecule has 1 fully saturated rings. The molecule has 3 aromatic rings. The van der Waals surface area contributed by atoms with Crippen LogP contribution in [0.4, 0.5) is 0 Å². The zero-order valence-corrected chi connectivity index (χ0v) is 15.2. The Morgan fingerprint density at radius 1 is 1.31 bits per heavy atom. The van der Waals surface area contributed by atoms with E-state index in [2.05, 4.69) is 20.9 Å². The summed E-state index contributed by atoms with van der Waals surface area (Å²) in [5, 5.41) is 1.29. The van der Waals surface area contributed by atoms with Crippen molar-refractivity contribution >= 4 is 28.5 Å². The Hall–Kier alpha value is -2.37. The summed E-state index contributed by atoms with van der Waals surface area (Å²) in [4.78, 5) is 21.7. The minimum Gasteiger partial charge on any atom is -0.366 e. The van der Waals surface area contributed by atoms with E-state index in [1.165, 1.54) is 0 Å². The lowest BCUT2D eigenvalue weighted by molar-refractivity contribution is 0.100. The van der Waals surface area contributed by atoms with Crippen molar-refractivity contribution in [3.8, 4) is 11.1 Å². The van der Waals surface area contributed by atoms with Crippen molar-refractivity contribution in [1.82, 2.24) is 14.9 Å². The predicted molar refractivity (Wildman–Crippen MR) is 104 cm³/mol. The second kappa shape index (κ2) is 7.09. The molecule has 1 amide bonds. The van der Waals surface area contributed by atoms with E-state index in [0.717, 1.165) is 60.3 Å². The molecule has 1 atom stereocenters. The number of nitrogens with one attached hydrogen (secondary N) is 1. The molecule has 1 saturated heterocycles. The van der Waals surface area contributed by atoms with Gasteiger partial charge in [0.05, 0.1) is 0 Å². The molecular formula is C20H21ClN4O. The van der Waals surface area contributed by atoms with Crippen LogP contribution in [0.15, 0.2) is 42.6 Å². The minimum atomic E-state index is -0.418. The zero-order valence-electron chi connectivity index (χ0n) is 14.4. The number of primary amides is 1.